The Morgan fingerprint density at radius 2 is 2.12 bits per heavy atom. The summed E-state index contributed by atoms with van der Waals surface area (Å²) >= 11 is 0. The Labute approximate surface area is 103 Å². The second-order valence-electron chi connectivity index (χ2n) is 4.53. The highest BCUT2D eigenvalue weighted by Crippen LogP contribution is 2.26. The molecule has 1 N–H and O–H groups in total. The molecule has 0 amide bonds. The minimum Gasteiger partial charge on any atom is -0.497 e. The van der Waals surface area contributed by atoms with Crippen molar-refractivity contribution >= 4 is 0 Å². The molecule has 94 valence electrons. The third kappa shape index (κ3) is 3.13. The monoisotopic (exact) mass is 235 g/mol. The van der Waals surface area contributed by atoms with E-state index in [-0.39, 0.29) is 0 Å². The molecule has 3 nitrogen and oxygen atoms in total. The van der Waals surface area contributed by atoms with Gasteiger partial charge in [-0.25, -0.2) is 0 Å². The fourth-order valence-corrected chi connectivity index (χ4v) is 2.41. The summed E-state index contributed by atoms with van der Waals surface area (Å²) in [5.41, 5.74) is 1.23. The maximum Gasteiger partial charge on any atom is 0.122 e. The van der Waals surface area contributed by atoms with Gasteiger partial charge in [-0.15, -0.1) is 0 Å². The van der Waals surface area contributed by atoms with Crippen molar-refractivity contribution in [3.63, 3.8) is 0 Å². The van der Waals surface area contributed by atoms with E-state index >= 15 is 0 Å². The summed E-state index contributed by atoms with van der Waals surface area (Å²) in [6.07, 6.45) is 4.89. The van der Waals surface area contributed by atoms with Crippen LogP contribution in [0.2, 0.25) is 0 Å². The van der Waals surface area contributed by atoms with Crippen molar-refractivity contribution in [3.05, 3.63) is 23.8 Å². The van der Waals surface area contributed by atoms with Crippen LogP contribution in [0, 0.1) is 0 Å². The lowest BCUT2D eigenvalue weighted by Gasteiger charge is -2.24. The van der Waals surface area contributed by atoms with E-state index in [2.05, 4.69) is 11.4 Å². The smallest absolute Gasteiger partial charge is 0.122 e. The van der Waals surface area contributed by atoms with Crippen LogP contribution in [0.4, 0.5) is 0 Å². The maximum atomic E-state index is 5.40. The van der Waals surface area contributed by atoms with Gasteiger partial charge in [0.15, 0.2) is 0 Å². The molecular weight excluding hydrogens is 214 g/mol. The first kappa shape index (κ1) is 12.2. The van der Waals surface area contributed by atoms with Crippen LogP contribution in [-0.4, -0.2) is 26.8 Å². The molecule has 0 aromatic heterocycles. The Morgan fingerprint density at radius 1 is 1.24 bits per heavy atom. The summed E-state index contributed by atoms with van der Waals surface area (Å²) in [4.78, 5) is 0. The summed E-state index contributed by atoms with van der Waals surface area (Å²) in [6, 6.07) is 6.58. The molecule has 1 unspecified atom stereocenters. The zero-order valence-corrected chi connectivity index (χ0v) is 10.7. The first-order chi connectivity index (χ1) is 8.33. The Kier molecular flexibility index (Phi) is 4.26. The van der Waals surface area contributed by atoms with Gasteiger partial charge in [0.2, 0.25) is 0 Å². The van der Waals surface area contributed by atoms with E-state index < -0.39 is 0 Å². The molecule has 2 rings (SSSR count). The van der Waals surface area contributed by atoms with E-state index in [0.29, 0.717) is 6.04 Å². The quantitative estimate of drug-likeness (QED) is 0.869. The second-order valence-corrected chi connectivity index (χ2v) is 4.53. The van der Waals surface area contributed by atoms with Crippen molar-refractivity contribution in [2.75, 3.05) is 20.8 Å². The normalized spacial score (nSPS) is 20.0. The first-order valence-electron chi connectivity index (χ1n) is 6.28. The fourth-order valence-electron chi connectivity index (χ4n) is 2.41. The highest BCUT2D eigenvalue weighted by atomic mass is 16.5. The van der Waals surface area contributed by atoms with Crippen molar-refractivity contribution in [2.45, 2.75) is 31.7 Å². The van der Waals surface area contributed by atoms with Crippen LogP contribution < -0.4 is 14.8 Å². The molecule has 0 bridgehead atoms. The van der Waals surface area contributed by atoms with Gasteiger partial charge < -0.3 is 14.8 Å². The molecule has 0 spiro atoms. The number of rotatable bonds is 4. The van der Waals surface area contributed by atoms with E-state index in [4.69, 9.17) is 9.47 Å². The molecule has 1 aliphatic heterocycles. The van der Waals surface area contributed by atoms with E-state index in [1.807, 2.05) is 12.1 Å². The first-order valence-corrected chi connectivity index (χ1v) is 6.28. The molecule has 1 saturated heterocycles. The van der Waals surface area contributed by atoms with Crippen LogP contribution in [0.15, 0.2) is 18.2 Å². The summed E-state index contributed by atoms with van der Waals surface area (Å²) in [6.45, 7) is 1.14. The predicted octanol–water partition coefficient (Wildman–Crippen LogP) is 2.39. The van der Waals surface area contributed by atoms with E-state index in [1.54, 1.807) is 14.2 Å². The average Bonchev–Trinajstić information content (AvgIpc) is 2.40. The predicted molar refractivity (Wildman–Crippen MR) is 68.9 cm³/mol. The van der Waals surface area contributed by atoms with Crippen LogP contribution in [0.3, 0.4) is 0 Å². The molecule has 17 heavy (non-hydrogen) atoms. The van der Waals surface area contributed by atoms with E-state index in [9.17, 15) is 0 Å². The van der Waals surface area contributed by atoms with Gasteiger partial charge >= 0.3 is 0 Å². The van der Waals surface area contributed by atoms with Crippen molar-refractivity contribution in [2.24, 2.45) is 0 Å². The zero-order valence-electron chi connectivity index (χ0n) is 10.7. The molecular formula is C14H21NO2. The molecule has 1 aliphatic rings. The van der Waals surface area contributed by atoms with Crippen LogP contribution in [0.25, 0.3) is 0 Å². The van der Waals surface area contributed by atoms with Crippen molar-refractivity contribution < 1.29 is 9.47 Å². The van der Waals surface area contributed by atoms with E-state index in [1.165, 1.54) is 24.8 Å². The molecule has 1 fully saturated rings. The van der Waals surface area contributed by atoms with Gasteiger partial charge in [0.25, 0.3) is 0 Å². The van der Waals surface area contributed by atoms with Crippen LogP contribution in [-0.2, 0) is 6.42 Å². The molecule has 0 radical (unpaired) electrons. The van der Waals surface area contributed by atoms with Gasteiger partial charge in [0, 0.05) is 6.04 Å². The zero-order chi connectivity index (χ0) is 12.1. The third-order valence-corrected chi connectivity index (χ3v) is 3.37. The molecule has 1 heterocycles. The minimum atomic E-state index is 0.574. The second kappa shape index (κ2) is 5.92. The highest BCUT2D eigenvalue weighted by Gasteiger charge is 2.15. The van der Waals surface area contributed by atoms with E-state index in [0.717, 1.165) is 24.5 Å². The lowest BCUT2D eigenvalue weighted by atomic mass is 9.97. The van der Waals surface area contributed by atoms with Gasteiger partial charge in [0.05, 0.1) is 14.2 Å². The molecule has 1 atom stereocenters. The summed E-state index contributed by atoms with van der Waals surface area (Å²) in [7, 11) is 3.42. The van der Waals surface area contributed by atoms with Gasteiger partial charge in [-0.1, -0.05) is 6.42 Å². The molecule has 1 aromatic rings. The Balaban J connectivity index is 2.11. The van der Waals surface area contributed by atoms with Crippen LogP contribution in [0.5, 0.6) is 11.5 Å². The van der Waals surface area contributed by atoms with Gasteiger partial charge in [-0.05, 0) is 49.6 Å². The number of piperidine rings is 1. The molecule has 0 saturated carbocycles. The van der Waals surface area contributed by atoms with Crippen LogP contribution >= 0.6 is 0 Å². The lowest BCUT2D eigenvalue weighted by Crippen LogP contribution is -2.35. The van der Waals surface area contributed by atoms with Crippen LogP contribution in [0.1, 0.15) is 24.8 Å². The number of hydrogen-bond donors (Lipinski definition) is 1. The summed E-state index contributed by atoms with van der Waals surface area (Å²) < 4.78 is 10.7. The van der Waals surface area contributed by atoms with Gasteiger partial charge in [-0.2, -0.15) is 0 Å². The number of hydrogen-bond acceptors (Lipinski definition) is 3. The summed E-state index contributed by atoms with van der Waals surface area (Å²) in [5, 5.41) is 3.56. The largest absolute Gasteiger partial charge is 0.497 e. The molecule has 0 aliphatic carbocycles. The van der Waals surface area contributed by atoms with Crippen molar-refractivity contribution in [1.82, 2.24) is 5.32 Å². The highest BCUT2D eigenvalue weighted by molar-refractivity contribution is 5.40. The van der Waals surface area contributed by atoms with Gasteiger partial charge in [0.1, 0.15) is 11.5 Å². The third-order valence-electron chi connectivity index (χ3n) is 3.37. The standard InChI is InChI=1S/C14H21NO2/c1-16-13-6-7-14(17-2)11(10-13)9-12-5-3-4-8-15-12/h6-7,10,12,15H,3-5,8-9H2,1-2H3. The number of nitrogens with one attached hydrogen (secondary N) is 1. The van der Waals surface area contributed by atoms with Crippen molar-refractivity contribution in [3.8, 4) is 11.5 Å². The van der Waals surface area contributed by atoms with Crippen molar-refractivity contribution in [1.29, 1.82) is 0 Å². The fraction of sp³-hybridized carbons (Fsp3) is 0.571. The Hall–Kier alpha value is -1.22. The number of methoxy groups -OCH3 is 2. The molecule has 1 aromatic carbocycles. The topological polar surface area (TPSA) is 30.5 Å². The summed E-state index contributed by atoms with van der Waals surface area (Å²) in [5.74, 6) is 1.86. The number of ether oxygens (including phenoxy) is 2. The maximum absolute atomic E-state index is 5.40. The SMILES string of the molecule is COc1ccc(OC)c(CC2CCCCN2)c1. The molecule has 3 heteroatoms. The minimum absolute atomic E-state index is 0.574. The lowest BCUT2D eigenvalue weighted by molar-refractivity contribution is 0.377. The average molecular weight is 235 g/mol. The Bertz CT molecular complexity index is 359. The Morgan fingerprint density at radius 3 is 2.76 bits per heavy atom. The van der Waals surface area contributed by atoms with Gasteiger partial charge in [-0.3, -0.25) is 0 Å². The number of benzene rings is 1.